The fourth-order valence-corrected chi connectivity index (χ4v) is 3.67. The molecule has 0 radical (unpaired) electrons. The van der Waals surface area contributed by atoms with E-state index in [9.17, 15) is 26.7 Å². The number of nitrogens with zero attached hydrogens (tertiary/aromatic N) is 1. The molecule has 0 aromatic heterocycles. The van der Waals surface area contributed by atoms with Crippen molar-refractivity contribution in [3.63, 3.8) is 0 Å². The van der Waals surface area contributed by atoms with E-state index in [1.165, 1.54) is 32.4 Å². The molecule has 0 unspecified atom stereocenters. The molecule has 1 saturated heterocycles. The van der Waals surface area contributed by atoms with Gasteiger partial charge in [-0.05, 0) is 36.4 Å². The Bertz CT molecular complexity index is 951. The highest BCUT2D eigenvalue weighted by Crippen LogP contribution is 2.34. The van der Waals surface area contributed by atoms with E-state index in [1.54, 1.807) is 17.0 Å². The average Bonchev–Trinajstić information content (AvgIpc) is 3.19. The number of carbonyl (C=O) groups is 1. The first kappa shape index (κ1) is 24.6. The first-order valence-corrected chi connectivity index (χ1v) is 9.89. The first-order chi connectivity index (χ1) is 15.6. The Morgan fingerprint density at radius 1 is 1.12 bits per heavy atom. The second-order valence-corrected chi connectivity index (χ2v) is 7.27. The van der Waals surface area contributed by atoms with Gasteiger partial charge >= 0.3 is 18.8 Å². The molecule has 0 amide bonds. The third-order valence-corrected chi connectivity index (χ3v) is 5.20. The fraction of sp³-hybridized carbons (Fsp3) is 0.409. The van der Waals surface area contributed by atoms with E-state index in [1.807, 2.05) is 0 Å². The summed E-state index contributed by atoms with van der Waals surface area (Å²) in [4.78, 5) is 13.7. The van der Waals surface area contributed by atoms with Gasteiger partial charge in [-0.1, -0.05) is 0 Å². The van der Waals surface area contributed by atoms with Gasteiger partial charge in [0.05, 0.1) is 39.0 Å². The molecule has 0 saturated carbocycles. The van der Waals surface area contributed by atoms with Crippen molar-refractivity contribution in [2.45, 2.75) is 31.4 Å². The largest absolute Gasteiger partial charge is 0.496 e. The van der Waals surface area contributed by atoms with Crippen LogP contribution in [0.15, 0.2) is 42.5 Å². The SMILES string of the molecule is COC(=O)c1ccc(N2C[C@@H](Oc3ccc(C(F)(F)F)cc3)C[C@H]2COC(F)F)cc1OC. The summed E-state index contributed by atoms with van der Waals surface area (Å²) in [6.45, 7) is -3.01. The van der Waals surface area contributed by atoms with Crippen LogP contribution >= 0.6 is 0 Å². The standard InChI is InChI=1S/C22H22F5NO5/c1-30-19-10-14(5-8-18(19)20(29)31-2)28-11-17(9-15(28)12-32-21(23)24)33-16-6-3-13(4-7-16)22(25,26)27/h3-8,10,15,17,21H,9,11-12H2,1-2H3/t15-,17-/m0/s1. The number of hydrogen-bond acceptors (Lipinski definition) is 6. The summed E-state index contributed by atoms with van der Waals surface area (Å²) in [5, 5.41) is 0. The third kappa shape index (κ3) is 6.04. The molecule has 1 aliphatic rings. The van der Waals surface area contributed by atoms with Crippen LogP contribution in [0.2, 0.25) is 0 Å². The topological polar surface area (TPSA) is 57.2 Å². The van der Waals surface area contributed by atoms with Crippen molar-refractivity contribution >= 4 is 11.7 Å². The van der Waals surface area contributed by atoms with Gasteiger partial charge in [0.2, 0.25) is 0 Å². The summed E-state index contributed by atoms with van der Waals surface area (Å²) < 4.78 is 83.9. The molecule has 1 aliphatic heterocycles. The number of ether oxygens (including phenoxy) is 4. The molecule has 0 N–H and O–H groups in total. The second-order valence-electron chi connectivity index (χ2n) is 7.27. The highest BCUT2D eigenvalue weighted by molar-refractivity contribution is 5.93. The lowest BCUT2D eigenvalue weighted by Crippen LogP contribution is -2.34. The Labute approximate surface area is 186 Å². The number of carbonyl (C=O) groups excluding carboxylic acids is 1. The summed E-state index contributed by atoms with van der Waals surface area (Å²) in [5.41, 5.74) is -0.0364. The lowest BCUT2D eigenvalue weighted by Gasteiger charge is -2.27. The first-order valence-electron chi connectivity index (χ1n) is 9.89. The average molecular weight is 475 g/mol. The molecule has 2 atom stereocenters. The van der Waals surface area contributed by atoms with E-state index in [4.69, 9.17) is 14.2 Å². The maximum Gasteiger partial charge on any atom is 0.416 e. The van der Waals surface area contributed by atoms with E-state index in [0.29, 0.717) is 5.69 Å². The van der Waals surface area contributed by atoms with Crippen LogP contribution in [-0.4, -0.2) is 52.1 Å². The number of benzene rings is 2. The molecule has 0 aliphatic carbocycles. The molecule has 3 rings (SSSR count). The number of esters is 1. The number of hydrogen-bond donors (Lipinski definition) is 0. The summed E-state index contributed by atoms with van der Waals surface area (Å²) in [7, 11) is 2.61. The zero-order chi connectivity index (χ0) is 24.2. The maximum atomic E-state index is 12.8. The van der Waals surface area contributed by atoms with Gasteiger partial charge in [-0.25, -0.2) is 4.79 Å². The zero-order valence-electron chi connectivity index (χ0n) is 17.8. The highest BCUT2D eigenvalue weighted by Gasteiger charge is 2.35. The molecule has 180 valence electrons. The van der Waals surface area contributed by atoms with Crippen LogP contribution < -0.4 is 14.4 Å². The Morgan fingerprint density at radius 3 is 2.39 bits per heavy atom. The van der Waals surface area contributed by atoms with Crippen LogP contribution in [0.4, 0.5) is 27.6 Å². The lowest BCUT2D eigenvalue weighted by atomic mass is 10.1. The monoisotopic (exact) mass is 475 g/mol. The molecule has 2 aromatic carbocycles. The Morgan fingerprint density at radius 2 is 1.82 bits per heavy atom. The molecule has 33 heavy (non-hydrogen) atoms. The van der Waals surface area contributed by atoms with Crippen molar-refractivity contribution in [2.75, 3.05) is 32.3 Å². The van der Waals surface area contributed by atoms with Crippen LogP contribution in [0.1, 0.15) is 22.3 Å². The Hall–Kier alpha value is -3.08. The fourth-order valence-electron chi connectivity index (χ4n) is 3.67. The van der Waals surface area contributed by atoms with E-state index in [0.717, 1.165) is 12.1 Å². The smallest absolute Gasteiger partial charge is 0.416 e. The van der Waals surface area contributed by atoms with Gasteiger partial charge in [0.1, 0.15) is 23.2 Å². The predicted molar refractivity (Wildman–Crippen MR) is 108 cm³/mol. The van der Waals surface area contributed by atoms with Crippen molar-refractivity contribution < 1.29 is 45.7 Å². The molecule has 2 aromatic rings. The minimum absolute atomic E-state index is 0.195. The second kappa shape index (κ2) is 10.2. The van der Waals surface area contributed by atoms with E-state index in [-0.39, 0.29) is 36.6 Å². The van der Waals surface area contributed by atoms with Gasteiger partial charge in [-0.15, -0.1) is 0 Å². The number of rotatable bonds is 8. The molecular weight excluding hydrogens is 453 g/mol. The number of alkyl halides is 5. The van der Waals surface area contributed by atoms with Crippen molar-refractivity contribution in [1.29, 1.82) is 0 Å². The van der Waals surface area contributed by atoms with E-state index < -0.39 is 36.5 Å². The minimum atomic E-state index is -4.46. The Kier molecular flexibility index (Phi) is 7.62. The third-order valence-electron chi connectivity index (χ3n) is 5.20. The van der Waals surface area contributed by atoms with Crippen molar-refractivity contribution in [3.05, 3.63) is 53.6 Å². The number of anilines is 1. The molecular formula is C22H22F5NO5. The van der Waals surface area contributed by atoms with Crippen LogP contribution in [0.3, 0.4) is 0 Å². The maximum absolute atomic E-state index is 12.8. The molecule has 11 heteroatoms. The van der Waals surface area contributed by atoms with Gasteiger partial charge in [-0.3, -0.25) is 0 Å². The van der Waals surface area contributed by atoms with Crippen molar-refractivity contribution in [1.82, 2.24) is 0 Å². The van der Waals surface area contributed by atoms with Gasteiger partial charge in [-0.2, -0.15) is 22.0 Å². The predicted octanol–water partition coefficient (Wildman–Crippen LogP) is 4.77. The van der Waals surface area contributed by atoms with Crippen molar-refractivity contribution in [3.8, 4) is 11.5 Å². The van der Waals surface area contributed by atoms with Crippen LogP contribution in [0.5, 0.6) is 11.5 Å². The molecule has 0 bridgehead atoms. The summed E-state index contributed by atoms with van der Waals surface area (Å²) in [6.07, 6.45) is -4.68. The lowest BCUT2D eigenvalue weighted by molar-refractivity contribution is -0.137. The summed E-state index contributed by atoms with van der Waals surface area (Å²) >= 11 is 0. The molecule has 0 spiro atoms. The van der Waals surface area contributed by atoms with Crippen LogP contribution in [0, 0.1) is 0 Å². The molecule has 1 fully saturated rings. The molecule has 6 nitrogen and oxygen atoms in total. The number of methoxy groups -OCH3 is 2. The normalized spacial score (nSPS) is 18.5. The minimum Gasteiger partial charge on any atom is -0.496 e. The van der Waals surface area contributed by atoms with E-state index >= 15 is 0 Å². The quantitative estimate of drug-likeness (QED) is 0.405. The highest BCUT2D eigenvalue weighted by atomic mass is 19.4. The Balaban J connectivity index is 1.80. The van der Waals surface area contributed by atoms with Gasteiger partial charge in [0.25, 0.3) is 0 Å². The summed E-state index contributed by atoms with van der Waals surface area (Å²) in [6, 6.07) is 8.43. The zero-order valence-corrected chi connectivity index (χ0v) is 17.8. The van der Waals surface area contributed by atoms with Gasteiger partial charge in [0.15, 0.2) is 0 Å². The summed E-state index contributed by atoms with van der Waals surface area (Å²) in [5.74, 6) is -0.136. The van der Waals surface area contributed by atoms with Gasteiger partial charge < -0.3 is 23.8 Å². The van der Waals surface area contributed by atoms with Crippen LogP contribution in [0.25, 0.3) is 0 Å². The van der Waals surface area contributed by atoms with Crippen LogP contribution in [-0.2, 0) is 15.7 Å². The van der Waals surface area contributed by atoms with E-state index in [2.05, 4.69) is 4.74 Å². The molecule has 1 heterocycles. The van der Waals surface area contributed by atoms with Gasteiger partial charge in [0, 0.05) is 18.2 Å². The number of halogens is 5. The van der Waals surface area contributed by atoms with Crippen molar-refractivity contribution in [2.24, 2.45) is 0 Å².